The minimum absolute atomic E-state index is 0.0801. The summed E-state index contributed by atoms with van der Waals surface area (Å²) in [5, 5.41) is 0. The molecule has 0 spiro atoms. The van der Waals surface area contributed by atoms with Crippen LogP contribution in [0.4, 0.5) is 11.6 Å². The van der Waals surface area contributed by atoms with Gasteiger partial charge in [-0.05, 0) is 30.2 Å². The Kier molecular flexibility index (Phi) is 7.24. The third kappa shape index (κ3) is 5.08. The molecule has 0 unspecified atom stereocenters. The van der Waals surface area contributed by atoms with Crippen molar-refractivity contribution in [2.75, 3.05) is 18.0 Å². The van der Waals surface area contributed by atoms with Crippen molar-refractivity contribution in [1.82, 2.24) is 24.5 Å². The molecule has 0 bridgehead atoms. The highest BCUT2D eigenvalue weighted by Crippen LogP contribution is 2.34. The SMILES string of the molecule is Cc1cnc(N2CCC(Oc3ncnc4c(-c5ccc(N=CN)cc5)cn(C)c34)CC2)nc1.N=N. The normalized spacial score (nSPS) is 14.2. The fraction of sp³-hybridized carbons (Fsp3) is 0.292. The molecule has 4 N–H and O–H groups in total. The zero-order valence-electron chi connectivity index (χ0n) is 19.7. The van der Waals surface area contributed by atoms with Gasteiger partial charge in [0.25, 0.3) is 0 Å². The Morgan fingerprint density at radius 1 is 1.06 bits per heavy atom. The Labute approximate surface area is 203 Å². The van der Waals surface area contributed by atoms with Gasteiger partial charge in [0.05, 0.1) is 12.0 Å². The van der Waals surface area contributed by atoms with Gasteiger partial charge >= 0.3 is 0 Å². The number of nitrogens with two attached hydrogens (primary N) is 1. The number of aromatic nitrogens is 5. The van der Waals surface area contributed by atoms with Crippen molar-refractivity contribution < 1.29 is 4.74 Å². The van der Waals surface area contributed by atoms with E-state index in [4.69, 9.17) is 21.5 Å². The van der Waals surface area contributed by atoms with E-state index in [-0.39, 0.29) is 6.10 Å². The van der Waals surface area contributed by atoms with Crippen LogP contribution in [0, 0.1) is 18.0 Å². The molecule has 0 radical (unpaired) electrons. The number of fused-ring (bicyclic) bond motifs is 1. The molecule has 0 saturated carbocycles. The molecule has 4 heterocycles. The molecule has 1 saturated heterocycles. The van der Waals surface area contributed by atoms with Gasteiger partial charge in [0.15, 0.2) is 0 Å². The number of aliphatic imine (C=N–C) groups is 1. The highest BCUT2D eigenvalue weighted by molar-refractivity contribution is 5.95. The Morgan fingerprint density at radius 3 is 2.40 bits per heavy atom. The van der Waals surface area contributed by atoms with Crippen LogP contribution in [-0.4, -0.2) is 50.0 Å². The number of hydrogen-bond donors (Lipinski definition) is 3. The van der Waals surface area contributed by atoms with E-state index in [2.05, 4.69) is 36.0 Å². The number of ether oxygens (including phenoxy) is 1. The summed E-state index contributed by atoms with van der Waals surface area (Å²) >= 11 is 0. The topological polar surface area (TPSA) is 155 Å². The van der Waals surface area contributed by atoms with Gasteiger partial charge in [0.2, 0.25) is 11.8 Å². The van der Waals surface area contributed by atoms with Crippen molar-refractivity contribution in [3.8, 4) is 17.0 Å². The molecule has 1 aliphatic heterocycles. The minimum Gasteiger partial charge on any atom is -0.473 e. The summed E-state index contributed by atoms with van der Waals surface area (Å²) in [7, 11) is 1.99. The molecule has 35 heavy (non-hydrogen) atoms. The third-order valence-corrected chi connectivity index (χ3v) is 5.89. The van der Waals surface area contributed by atoms with Crippen LogP contribution >= 0.6 is 0 Å². The first-order valence-corrected chi connectivity index (χ1v) is 11.2. The van der Waals surface area contributed by atoms with Gasteiger partial charge in [-0.3, -0.25) is 0 Å². The van der Waals surface area contributed by atoms with E-state index in [9.17, 15) is 0 Å². The summed E-state index contributed by atoms with van der Waals surface area (Å²) in [6, 6.07) is 7.90. The van der Waals surface area contributed by atoms with Crippen molar-refractivity contribution in [3.63, 3.8) is 0 Å². The first-order chi connectivity index (χ1) is 17.1. The van der Waals surface area contributed by atoms with E-state index in [0.717, 1.165) is 65.3 Å². The lowest BCUT2D eigenvalue weighted by Crippen LogP contribution is -2.39. The number of hydrogen-bond acceptors (Lipinski definition) is 9. The van der Waals surface area contributed by atoms with Crippen LogP contribution in [0.25, 0.3) is 22.2 Å². The molecule has 1 fully saturated rings. The van der Waals surface area contributed by atoms with Crippen molar-refractivity contribution in [2.24, 2.45) is 17.8 Å². The molecule has 1 aliphatic rings. The molecule has 0 aliphatic carbocycles. The first kappa shape index (κ1) is 23.7. The van der Waals surface area contributed by atoms with E-state index in [1.807, 2.05) is 55.2 Å². The maximum Gasteiger partial charge on any atom is 0.242 e. The molecule has 0 atom stereocenters. The minimum atomic E-state index is 0.0801. The predicted molar refractivity (Wildman–Crippen MR) is 134 cm³/mol. The number of nitrogens with zero attached hydrogens (tertiary/aromatic N) is 7. The number of anilines is 1. The largest absolute Gasteiger partial charge is 0.473 e. The van der Waals surface area contributed by atoms with Gasteiger partial charge in [-0.1, -0.05) is 12.1 Å². The molecule has 11 heteroatoms. The second-order valence-corrected chi connectivity index (χ2v) is 8.22. The van der Waals surface area contributed by atoms with Crippen LogP contribution in [0.3, 0.4) is 0 Å². The summed E-state index contributed by atoms with van der Waals surface area (Å²) in [5.74, 6) is 1.39. The first-order valence-electron chi connectivity index (χ1n) is 11.2. The smallest absolute Gasteiger partial charge is 0.242 e. The van der Waals surface area contributed by atoms with Crippen molar-refractivity contribution >= 4 is 29.0 Å². The second-order valence-electron chi connectivity index (χ2n) is 8.22. The molecular weight excluding hydrogens is 444 g/mol. The van der Waals surface area contributed by atoms with Crippen molar-refractivity contribution in [3.05, 3.63) is 54.7 Å². The predicted octanol–water partition coefficient (Wildman–Crippen LogP) is 4.00. The lowest BCUT2D eigenvalue weighted by Gasteiger charge is -2.31. The average molecular weight is 473 g/mol. The van der Waals surface area contributed by atoms with E-state index >= 15 is 0 Å². The van der Waals surface area contributed by atoms with Crippen LogP contribution in [0.5, 0.6) is 5.88 Å². The molecular formula is C24H28N10O. The summed E-state index contributed by atoms with van der Waals surface area (Å²) in [4.78, 5) is 24.2. The molecule has 3 aromatic heterocycles. The average Bonchev–Trinajstić information content (AvgIpc) is 3.24. The fourth-order valence-corrected chi connectivity index (χ4v) is 4.19. The number of rotatable bonds is 5. The van der Waals surface area contributed by atoms with E-state index < -0.39 is 0 Å². The Morgan fingerprint density at radius 2 is 1.74 bits per heavy atom. The summed E-state index contributed by atoms with van der Waals surface area (Å²) in [5.41, 5.74) is 21.1. The fourth-order valence-electron chi connectivity index (χ4n) is 4.19. The summed E-state index contributed by atoms with van der Waals surface area (Å²) < 4.78 is 8.41. The van der Waals surface area contributed by atoms with Crippen LogP contribution in [0.2, 0.25) is 0 Å². The van der Waals surface area contributed by atoms with E-state index in [1.165, 1.54) is 6.34 Å². The maximum absolute atomic E-state index is 6.38. The highest BCUT2D eigenvalue weighted by atomic mass is 16.5. The number of benzene rings is 1. The number of aryl methyl sites for hydroxylation is 2. The Balaban J connectivity index is 0.00000141. The van der Waals surface area contributed by atoms with E-state index in [0.29, 0.717) is 5.88 Å². The number of nitrogens with one attached hydrogen (secondary N) is 2. The maximum atomic E-state index is 6.38. The quantitative estimate of drug-likeness (QED) is 0.225. The second kappa shape index (κ2) is 10.7. The van der Waals surface area contributed by atoms with Crippen LogP contribution < -0.4 is 15.4 Å². The molecule has 4 aromatic rings. The standard InChI is InChI=1S/C24H26N8O.H2N2/c1-16-11-26-24(27-12-16)32-9-7-19(8-10-32)33-23-22-21(29-15-30-23)20(13-31(22)2)17-3-5-18(6-4-17)28-14-25;1-2/h3-6,11-15,19H,7-10H2,1-2H3,(H2,25,28);1-2H. The molecule has 1 aromatic carbocycles. The van der Waals surface area contributed by atoms with Crippen molar-refractivity contribution in [2.45, 2.75) is 25.9 Å². The number of piperidine rings is 1. The van der Waals surface area contributed by atoms with Crippen LogP contribution in [0.1, 0.15) is 18.4 Å². The molecule has 0 amide bonds. The monoisotopic (exact) mass is 472 g/mol. The molecule has 11 nitrogen and oxygen atoms in total. The van der Waals surface area contributed by atoms with Crippen LogP contribution in [-0.2, 0) is 7.05 Å². The van der Waals surface area contributed by atoms with Gasteiger partial charge in [-0.15, -0.1) is 0 Å². The van der Waals surface area contributed by atoms with Crippen LogP contribution in [0.15, 0.2) is 54.2 Å². The van der Waals surface area contributed by atoms with Gasteiger partial charge in [0, 0.05) is 57.1 Å². The summed E-state index contributed by atoms with van der Waals surface area (Å²) in [6.45, 7) is 3.68. The van der Waals surface area contributed by atoms with Gasteiger partial charge < -0.3 is 19.9 Å². The highest BCUT2D eigenvalue weighted by Gasteiger charge is 2.24. The van der Waals surface area contributed by atoms with Gasteiger partial charge in [-0.2, -0.15) is 4.98 Å². The lowest BCUT2D eigenvalue weighted by atomic mass is 10.1. The Hall–Kier alpha value is -4.41. The third-order valence-electron chi connectivity index (χ3n) is 5.89. The Bertz CT molecular complexity index is 1290. The lowest BCUT2D eigenvalue weighted by molar-refractivity contribution is 0.165. The summed E-state index contributed by atoms with van der Waals surface area (Å²) in [6.07, 6.45) is 10.5. The molecule has 180 valence electrons. The zero-order valence-corrected chi connectivity index (χ0v) is 19.7. The van der Waals surface area contributed by atoms with Crippen molar-refractivity contribution in [1.29, 1.82) is 11.1 Å². The molecule has 5 rings (SSSR count). The van der Waals surface area contributed by atoms with Gasteiger partial charge in [-0.25, -0.2) is 31.0 Å². The van der Waals surface area contributed by atoms with E-state index in [1.54, 1.807) is 6.33 Å². The zero-order chi connectivity index (χ0) is 24.8. The van der Waals surface area contributed by atoms with Gasteiger partial charge in [0.1, 0.15) is 23.5 Å².